The average Bonchev–Trinajstić information content (AvgIpc) is 3.35. The lowest BCUT2D eigenvalue weighted by Crippen LogP contribution is -2.70. The second kappa shape index (κ2) is 26.0. The van der Waals surface area contributed by atoms with E-state index in [1.807, 2.05) is 0 Å². The second-order valence-corrected chi connectivity index (χ2v) is 18.3. The standard InChI is InChI=1S/C40H68N2O31/c1-9(48)41-17-23(54)31(14(6-46)64-35(17)62)70-36-18(42-10(2)49)24(55)32(15(7-47)68-36)71-39-30(61)33(22(53)16(69-39)8-63-37-28(59)25(56)19(50)11(3-43)65-37)72-40-34(27(58)21(52)13(5-45)67-40)73-38-29(60)26(57)20(51)12(4-44)66-38/h11-40,43-47,50-62H,3-8H2,1-2H3,(H,41,48)(H,42,49)/t11-,12-,13-,14-,15-,16-,17-,18-,19-,20+,21-,22-,23-,24-,25+,26+,27+,28+,29-,30+,31-,32-,33+,34+,35?,36+,37+,38+,39+,40-/m1/s1. The van der Waals surface area contributed by atoms with E-state index in [-0.39, 0.29) is 0 Å². The minimum Gasteiger partial charge on any atom is -0.394 e. The van der Waals surface area contributed by atoms with E-state index in [2.05, 4.69) is 10.6 Å². The third-order valence-electron chi connectivity index (χ3n) is 13.2. The van der Waals surface area contributed by atoms with Crippen molar-refractivity contribution in [2.75, 3.05) is 39.6 Å². The summed E-state index contributed by atoms with van der Waals surface area (Å²) in [7, 11) is 0. The van der Waals surface area contributed by atoms with Gasteiger partial charge in [-0.15, -0.1) is 0 Å². The molecular weight excluding hydrogens is 1000 g/mol. The number of rotatable bonds is 18. The van der Waals surface area contributed by atoms with E-state index in [0.29, 0.717) is 0 Å². The normalized spacial score (nSPS) is 49.8. The lowest BCUT2D eigenvalue weighted by Gasteiger charge is -2.50. The maximum atomic E-state index is 12.6. The van der Waals surface area contributed by atoms with Gasteiger partial charge in [-0.3, -0.25) is 9.59 Å². The SMILES string of the molecule is CC(=O)N[C@H]1[C@H](O[C@H]2[C@H](O)[C@@H](NC(C)=O)C(O)O[C@@H]2CO)O[C@H](CO)[C@@H](O[C@@H]2O[C@H](CO[C@H]3O[C@H](CO)[C@@H](O)[C@H](O)[C@@H]3O)[C@@H](O)[C@H](O[C@H]3O[C@H](CO)[C@@H](O)[C@H](O)[C@@H]3O[C@@H]3O[C@H](CO)[C@H](O)[C@H](O)[C@H]3O)[C@@H]2O)[C@@H]1O. The number of carbonyl (C=O) groups is 2. The lowest BCUT2D eigenvalue weighted by molar-refractivity contribution is -0.398. The first kappa shape index (κ1) is 60.0. The van der Waals surface area contributed by atoms with E-state index in [1.165, 1.54) is 0 Å². The zero-order valence-corrected chi connectivity index (χ0v) is 38.9. The summed E-state index contributed by atoms with van der Waals surface area (Å²) in [5.74, 6) is -1.56. The zero-order valence-electron chi connectivity index (χ0n) is 38.9. The van der Waals surface area contributed by atoms with Gasteiger partial charge < -0.3 is 155 Å². The average molecular weight is 1070 g/mol. The number of aliphatic hydroxyl groups is 18. The van der Waals surface area contributed by atoms with Crippen molar-refractivity contribution < 1.29 is 154 Å². The highest BCUT2D eigenvalue weighted by Crippen LogP contribution is 2.37. The van der Waals surface area contributed by atoms with Gasteiger partial charge in [0.1, 0.15) is 146 Å². The molecule has 0 saturated carbocycles. The molecule has 2 amide bonds. The molecule has 33 heteroatoms. The largest absolute Gasteiger partial charge is 0.394 e. The Labute approximate surface area is 413 Å². The Balaban J connectivity index is 1.31. The van der Waals surface area contributed by atoms with Crippen LogP contribution in [0.2, 0.25) is 0 Å². The van der Waals surface area contributed by atoms with E-state index in [1.54, 1.807) is 0 Å². The molecule has 6 aliphatic heterocycles. The quantitative estimate of drug-likeness (QED) is 0.0606. The first-order chi connectivity index (χ1) is 34.5. The molecule has 6 rings (SSSR count). The predicted octanol–water partition coefficient (Wildman–Crippen LogP) is -13.8. The Morgan fingerprint density at radius 1 is 0.356 bits per heavy atom. The van der Waals surface area contributed by atoms with Crippen molar-refractivity contribution in [3.8, 4) is 0 Å². The van der Waals surface area contributed by atoms with Gasteiger partial charge in [0.05, 0.1) is 39.6 Å². The molecule has 0 bridgehead atoms. The summed E-state index contributed by atoms with van der Waals surface area (Å²) in [5.41, 5.74) is 0. The number of ether oxygens (including phenoxy) is 11. The molecule has 30 atom stereocenters. The van der Waals surface area contributed by atoms with Gasteiger partial charge in [0.2, 0.25) is 11.8 Å². The molecule has 6 fully saturated rings. The highest BCUT2D eigenvalue weighted by atomic mass is 16.8. The Hall–Kier alpha value is -2.22. The molecule has 33 nitrogen and oxygen atoms in total. The molecule has 0 radical (unpaired) electrons. The van der Waals surface area contributed by atoms with Crippen molar-refractivity contribution in [1.29, 1.82) is 0 Å². The van der Waals surface area contributed by atoms with Crippen LogP contribution in [-0.4, -0.2) is 327 Å². The van der Waals surface area contributed by atoms with Crippen molar-refractivity contribution in [2.24, 2.45) is 0 Å². The van der Waals surface area contributed by atoms with Gasteiger partial charge in [0, 0.05) is 13.8 Å². The molecule has 6 aliphatic rings. The fourth-order valence-corrected chi connectivity index (χ4v) is 9.20. The molecule has 20 N–H and O–H groups in total. The molecule has 0 aromatic heterocycles. The van der Waals surface area contributed by atoms with E-state index in [0.717, 1.165) is 13.8 Å². The van der Waals surface area contributed by atoms with Gasteiger partial charge in [-0.25, -0.2) is 0 Å². The van der Waals surface area contributed by atoms with Crippen LogP contribution in [0.15, 0.2) is 0 Å². The molecule has 73 heavy (non-hydrogen) atoms. The molecule has 0 aromatic carbocycles. The smallest absolute Gasteiger partial charge is 0.217 e. The Morgan fingerprint density at radius 3 is 1.27 bits per heavy atom. The molecule has 6 heterocycles. The third kappa shape index (κ3) is 13.0. The lowest BCUT2D eigenvalue weighted by atomic mass is 9.94. The van der Waals surface area contributed by atoms with Crippen LogP contribution in [0.4, 0.5) is 0 Å². The zero-order chi connectivity index (χ0) is 53.9. The number of amides is 2. The predicted molar refractivity (Wildman–Crippen MR) is 222 cm³/mol. The van der Waals surface area contributed by atoms with Crippen LogP contribution in [-0.2, 0) is 61.7 Å². The molecule has 0 spiro atoms. The highest BCUT2D eigenvalue weighted by Gasteiger charge is 2.58. The van der Waals surface area contributed by atoms with E-state index in [4.69, 9.17) is 52.1 Å². The monoisotopic (exact) mass is 1070 g/mol. The third-order valence-corrected chi connectivity index (χ3v) is 13.2. The maximum Gasteiger partial charge on any atom is 0.217 e. The fraction of sp³-hybridized carbons (Fsp3) is 0.950. The number of hydrogen-bond donors (Lipinski definition) is 20. The summed E-state index contributed by atoms with van der Waals surface area (Å²) in [4.78, 5) is 24.5. The van der Waals surface area contributed by atoms with Gasteiger partial charge in [-0.05, 0) is 0 Å². The summed E-state index contributed by atoms with van der Waals surface area (Å²) < 4.78 is 62.9. The fourth-order valence-electron chi connectivity index (χ4n) is 9.20. The van der Waals surface area contributed by atoms with Gasteiger partial charge in [-0.1, -0.05) is 0 Å². The first-order valence-corrected chi connectivity index (χ1v) is 23.1. The molecule has 0 aliphatic carbocycles. The summed E-state index contributed by atoms with van der Waals surface area (Å²) in [6.45, 7) is -3.66. The van der Waals surface area contributed by atoms with Crippen LogP contribution in [0.3, 0.4) is 0 Å². The Kier molecular flexibility index (Phi) is 21.3. The van der Waals surface area contributed by atoms with E-state index in [9.17, 15) is 102 Å². The summed E-state index contributed by atoms with van der Waals surface area (Å²) in [5, 5.41) is 197. The van der Waals surface area contributed by atoms with Crippen LogP contribution < -0.4 is 10.6 Å². The number of aliphatic hydroxyl groups excluding tert-OH is 18. The van der Waals surface area contributed by atoms with Crippen LogP contribution >= 0.6 is 0 Å². The molecule has 6 saturated heterocycles. The second-order valence-electron chi connectivity index (χ2n) is 18.3. The number of nitrogens with one attached hydrogen (secondary N) is 2. The number of carbonyl (C=O) groups excluding carboxylic acids is 2. The first-order valence-electron chi connectivity index (χ1n) is 23.1. The van der Waals surface area contributed by atoms with Crippen molar-refractivity contribution in [1.82, 2.24) is 10.6 Å². The van der Waals surface area contributed by atoms with Gasteiger partial charge in [0.15, 0.2) is 37.7 Å². The minimum atomic E-state index is -2.33. The molecule has 1 unspecified atom stereocenters. The van der Waals surface area contributed by atoms with Gasteiger partial charge >= 0.3 is 0 Å². The van der Waals surface area contributed by atoms with Gasteiger partial charge in [-0.2, -0.15) is 0 Å². The molecule has 0 aromatic rings. The number of hydrogen-bond acceptors (Lipinski definition) is 31. The van der Waals surface area contributed by atoms with Crippen molar-refractivity contribution >= 4 is 11.8 Å². The Bertz CT molecular complexity index is 1750. The maximum absolute atomic E-state index is 12.6. The van der Waals surface area contributed by atoms with Crippen molar-refractivity contribution in [3.05, 3.63) is 0 Å². The van der Waals surface area contributed by atoms with E-state index < -0.39 is 236 Å². The molecular formula is C40H68N2O31. The van der Waals surface area contributed by atoms with Crippen molar-refractivity contribution in [2.45, 2.75) is 198 Å². The van der Waals surface area contributed by atoms with Crippen LogP contribution in [0.5, 0.6) is 0 Å². The van der Waals surface area contributed by atoms with E-state index >= 15 is 0 Å². The van der Waals surface area contributed by atoms with Crippen molar-refractivity contribution in [3.63, 3.8) is 0 Å². The summed E-state index contributed by atoms with van der Waals surface area (Å²) in [6.07, 6.45) is -54.2. The van der Waals surface area contributed by atoms with Crippen LogP contribution in [0.25, 0.3) is 0 Å². The molecule has 424 valence electrons. The van der Waals surface area contributed by atoms with Crippen LogP contribution in [0, 0.1) is 0 Å². The summed E-state index contributed by atoms with van der Waals surface area (Å²) in [6, 6.07) is -3.31. The summed E-state index contributed by atoms with van der Waals surface area (Å²) >= 11 is 0. The minimum absolute atomic E-state index is 0.720. The van der Waals surface area contributed by atoms with Crippen LogP contribution in [0.1, 0.15) is 13.8 Å². The van der Waals surface area contributed by atoms with Gasteiger partial charge in [0.25, 0.3) is 0 Å². The highest BCUT2D eigenvalue weighted by molar-refractivity contribution is 5.73. The Morgan fingerprint density at radius 2 is 0.740 bits per heavy atom. The topological polar surface area (TPSA) is 524 Å².